The van der Waals surface area contributed by atoms with Crippen LogP contribution >= 0.6 is 0 Å². The molecule has 2 N–H and O–H groups in total. The summed E-state index contributed by atoms with van der Waals surface area (Å²) in [7, 11) is 0. The second-order valence-electron chi connectivity index (χ2n) is 7.40. The van der Waals surface area contributed by atoms with Gasteiger partial charge in [0.2, 0.25) is 0 Å². The van der Waals surface area contributed by atoms with Crippen molar-refractivity contribution in [3.8, 4) is 0 Å². The number of benzene rings is 1. The third-order valence-corrected chi connectivity index (χ3v) is 5.44. The molecule has 2 aromatic rings. The molecule has 5 rings (SSSR count). The molecule has 4 nitrogen and oxygen atoms in total. The number of carbonyl (C=O) groups is 1. The maximum absolute atomic E-state index is 12.9. The standard InChI is InChI=1S/C20H21NO3/c22-16-9-13-3-1-2-4-14(13)18(16)21-20(23)15-10-17(11-5-6-11)24-19(15)12-7-8-12/h1-4,10-12,16,18,22H,5-9H2,(H,21,23)/t16-,18+/m1/s1. The summed E-state index contributed by atoms with van der Waals surface area (Å²) in [6.45, 7) is 0. The summed E-state index contributed by atoms with van der Waals surface area (Å²) < 4.78 is 6.02. The number of aliphatic hydroxyl groups excluding tert-OH is 1. The van der Waals surface area contributed by atoms with Crippen LogP contribution in [0.3, 0.4) is 0 Å². The van der Waals surface area contributed by atoms with Crippen molar-refractivity contribution in [3.63, 3.8) is 0 Å². The van der Waals surface area contributed by atoms with Crippen molar-refractivity contribution >= 4 is 5.91 Å². The van der Waals surface area contributed by atoms with E-state index in [9.17, 15) is 9.90 Å². The van der Waals surface area contributed by atoms with Crippen LogP contribution in [0.25, 0.3) is 0 Å². The molecule has 124 valence electrons. The monoisotopic (exact) mass is 323 g/mol. The van der Waals surface area contributed by atoms with Crippen LogP contribution in [0.5, 0.6) is 0 Å². The van der Waals surface area contributed by atoms with Crippen LogP contribution in [0, 0.1) is 0 Å². The number of hydrogen-bond donors (Lipinski definition) is 2. The molecule has 0 unspecified atom stereocenters. The lowest BCUT2D eigenvalue weighted by molar-refractivity contribution is 0.0856. The SMILES string of the molecule is O=C(N[C@H]1c2ccccc2C[C@H]1O)c1cc(C2CC2)oc1C1CC1. The van der Waals surface area contributed by atoms with E-state index in [1.807, 2.05) is 30.3 Å². The molecule has 0 aliphatic heterocycles. The number of amides is 1. The van der Waals surface area contributed by atoms with E-state index in [0.717, 1.165) is 48.3 Å². The Morgan fingerprint density at radius 3 is 2.62 bits per heavy atom. The quantitative estimate of drug-likeness (QED) is 0.906. The first kappa shape index (κ1) is 14.3. The number of hydrogen-bond acceptors (Lipinski definition) is 3. The normalized spacial score (nSPS) is 25.5. The highest BCUT2D eigenvalue weighted by molar-refractivity contribution is 5.96. The summed E-state index contributed by atoms with van der Waals surface area (Å²) in [5, 5.41) is 13.4. The molecule has 1 aromatic heterocycles. The van der Waals surface area contributed by atoms with Crippen LogP contribution in [0.2, 0.25) is 0 Å². The molecule has 0 spiro atoms. The lowest BCUT2D eigenvalue weighted by Crippen LogP contribution is -2.34. The van der Waals surface area contributed by atoms with Gasteiger partial charge in [-0.05, 0) is 42.9 Å². The Morgan fingerprint density at radius 1 is 1.12 bits per heavy atom. The van der Waals surface area contributed by atoms with Crippen LogP contribution in [0.4, 0.5) is 0 Å². The largest absolute Gasteiger partial charge is 0.465 e. The fourth-order valence-corrected chi connectivity index (χ4v) is 3.79. The molecular weight excluding hydrogens is 302 g/mol. The lowest BCUT2D eigenvalue weighted by atomic mass is 10.1. The Bertz CT molecular complexity index is 801. The topological polar surface area (TPSA) is 62.5 Å². The fourth-order valence-electron chi connectivity index (χ4n) is 3.79. The van der Waals surface area contributed by atoms with Crippen molar-refractivity contribution in [1.29, 1.82) is 0 Å². The molecule has 0 saturated heterocycles. The van der Waals surface area contributed by atoms with Gasteiger partial charge in [0.25, 0.3) is 5.91 Å². The first-order valence-corrected chi connectivity index (χ1v) is 8.91. The van der Waals surface area contributed by atoms with E-state index >= 15 is 0 Å². The third kappa shape index (κ3) is 2.37. The number of aliphatic hydroxyl groups is 1. The van der Waals surface area contributed by atoms with Gasteiger partial charge in [0.05, 0.1) is 17.7 Å². The van der Waals surface area contributed by atoms with Crippen LogP contribution in [-0.4, -0.2) is 17.1 Å². The van der Waals surface area contributed by atoms with Crippen molar-refractivity contribution in [3.05, 3.63) is 58.5 Å². The number of carbonyl (C=O) groups excluding carboxylic acids is 1. The van der Waals surface area contributed by atoms with Crippen molar-refractivity contribution in [1.82, 2.24) is 5.32 Å². The summed E-state index contributed by atoms with van der Waals surface area (Å²) in [4.78, 5) is 12.9. The van der Waals surface area contributed by atoms with Gasteiger partial charge in [0.15, 0.2) is 0 Å². The van der Waals surface area contributed by atoms with Gasteiger partial charge < -0.3 is 14.8 Å². The second-order valence-corrected chi connectivity index (χ2v) is 7.40. The molecule has 1 heterocycles. The van der Waals surface area contributed by atoms with Crippen LogP contribution in [-0.2, 0) is 6.42 Å². The van der Waals surface area contributed by atoms with Crippen molar-refractivity contribution in [2.45, 2.75) is 56.1 Å². The number of furan rings is 1. The van der Waals surface area contributed by atoms with Crippen LogP contribution in [0.1, 0.15) is 76.6 Å². The van der Waals surface area contributed by atoms with E-state index in [1.165, 1.54) is 0 Å². The first-order valence-electron chi connectivity index (χ1n) is 8.91. The maximum Gasteiger partial charge on any atom is 0.255 e. The lowest BCUT2D eigenvalue weighted by Gasteiger charge is -2.17. The Hall–Kier alpha value is -2.07. The zero-order valence-electron chi connectivity index (χ0n) is 13.5. The molecule has 24 heavy (non-hydrogen) atoms. The Balaban J connectivity index is 1.43. The minimum atomic E-state index is -0.564. The molecule has 1 amide bonds. The molecule has 3 aliphatic rings. The molecule has 2 saturated carbocycles. The van der Waals surface area contributed by atoms with Gasteiger partial charge >= 0.3 is 0 Å². The molecule has 2 fully saturated rings. The van der Waals surface area contributed by atoms with Gasteiger partial charge in [-0.2, -0.15) is 0 Å². The highest BCUT2D eigenvalue weighted by Gasteiger charge is 2.38. The average molecular weight is 323 g/mol. The van der Waals surface area contributed by atoms with Gasteiger partial charge in [-0.15, -0.1) is 0 Å². The zero-order chi connectivity index (χ0) is 16.3. The zero-order valence-corrected chi connectivity index (χ0v) is 13.5. The summed E-state index contributed by atoms with van der Waals surface area (Å²) in [5.41, 5.74) is 2.82. The number of fused-ring (bicyclic) bond motifs is 1. The van der Waals surface area contributed by atoms with E-state index in [4.69, 9.17) is 4.42 Å². The minimum Gasteiger partial charge on any atom is -0.465 e. The van der Waals surface area contributed by atoms with Gasteiger partial charge in [-0.3, -0.25) is 4.79 Å². The molecule has 2 atom stereocenters. The summed E-state index contributed by atoms with van der Waals surface area (Å²) in [6.07, 6.45) is 4.56. The van der Waals surface area contributed by atoms with Crippen LogP contribution in [0.15, 0.2) is 34.7 Å². The van der Waals surface area contributed by atoms with Crippen molar-refractivity contribution < 1.29 is 14.3 Å². The van der Waals surface area contributed by atoms with Gasteiger partial charge in [-0.1, -0.05) is 24.3 Å². The van der Waals surface area contributed by atoms with E-state index in [-0.39, 0.29) is 11.9 Å². The smallest absolute Gasteiger partial charge is 0.255 e. The Kier molecular flexibility index (Phi) is 3.10. The first-order chi connectivity index (χ1) is 11.7. The van der Waals surface area contributed by atoms with E-state index in [2.05, 4.69) is 5.32 Å². The van der Waals surface area contributed by atoms with E-state index in [1.54, 1.807) is 0 Å². The number of rotatable bonds is 4. The molecule has 3 aliphatic carbocycles. The van der Waals surface area contributed by atoms with Gasteiger partial charge in [0.1, 0.15) is 11.5 Å². The Labute approximate surface area is 140 Å². The van der Waals surface area contributed by atoms with E-state index < -0.39 is 6.10 Å². The van der Waals surface area contributed by atoms with Crippen LogP contribution < -0.4 is 5.32 Å². The van der Waals surface area contributed by atoms with Crippen molar-refractivity contribution in [2.75, 3.05) is 0 Å². The molecule has 1 aromatic carbocycles. The van der Waals surface area contributed by atoms with E-state index in [0.29, 0.717) is 23.8 Å². The molecule has 4 heteroatoms. The fraction of sp³-hybridized carbons (Fsp3) is 0.450. The van der Waals surface area contributed by atoms with Gasteiger partial charge in [0, 0.05) is 18.3 Å². The number of nitrogens with one attached hydrogen (secondary N) is 1. The average Bonchev–Trinajstić information content (AvgIpc) is 3.51. The summed E-state index contributed by atoms with van der Waals surface area (Å²) in [6, 6.07) is 9.54. The van der Waals surface area contributed by atoms with Crippen molar-refractivity contribution in [2.24, 2.45) is 0 Å². The predicted molar refractivity (Wildman–Crippen MR) is 89.0 cm³/mol. The second kappa shape index (κ2) is 5.21. The minimum absolute atomic E-state index is 0.117. The molecule has 0 radical (unpaired) electrons. The van der Waals surface area contributed by atoms with Gasteiger partial charge in [-0.25, -0.2) is 0 Å². The summed E-state index contributed by atoms with van der Waals surface area (Å²) >= 11 is 0. The predicted octanol–water partition coefficient (Wildman–Crippen LogP) is 3.42. The molecule has 0 bridgehead atoms. The Morgan fingerprint density at radius 2 is 1.88 bits per heavy atom. The highest BCUT2D eigenvalue weighted by Crippen LogP contribution is 2.47. The third-order valence-electron chi connectivity index (χ3n) is 5.44. The highest BCUT2D eigenvalue weighted by atomic mass is 16.3. The molecular formula is C20H21NO3. The maximum atomic E-state index is 12.9. The summed E-state index contributed by atoms with van der Waals surface area (Å²) in [5.74, 6) is 2.61.